The Hall–Kier alpha value is -0.120. The van der Waals surface area contributed by atoms with Crippen LogP contribution in [-0.2, 0) is 4.74 Å². The monoisotopic (exact) mass is 298 g/mol. The van der Waals surface area contributed by atoms with E-state index in [2.05, 4.69) is 0 Å². The molecule has 0 bridgehead atoms. The third-order valence-electron chi connectivity index (χ3n) is 5.30. The lowest BCUT2D eigenvalue weighted by atomic mass is 9.76. The fourth-order valence-corrected chi connectivity index (χ4v) is 4.62. The van der Waals surface area contributed by atoms with Crippen LogP contribution in [0.25, 0.3) is 0 Å². The Balaban J connectivity index is 2.13. The van der Waals surface area contributed by atoms with E-state index in [-0.39, 0.29) is 23.4 Å². The quantitative estimate of drug-likeness (QED) is 0.780. The standard InChI is InChI=1S/C18H34O3/c1-15(19)13-17(9-5-3-6-10-17)21-18(14-16(2)20)11-7-4-8-12-18/h15-16,19-20H,3-14H2,1-2H3. The molecule has 0 radical (unpaired) electrons. The lowest BCUT2D eigenvalue weighted by Crippen LogP contribution is -2.49. The minimum absolute atomic E-state index is 0.154. The van der Waals surface area contributed by atoms with Gasteiger partial charge in [-0.3, -0.25) is 0 Å². The number of aliphatic hydroxyl groups is 2. The molecule has 124 valence electrons. The summed E-state index contributed by atoms with van der Waals surface area (Å²) in [7, 11) is 0. The van der Waals surface area contributed by atoms with Crippen LogP contribution in [0.15, 0.2) is 0 Å². The Bertz CT molecular complexity index is 270. The molecular formula is C18H34O3. The summed E-state index contributed by atoms with van der Waals surface area (Å²) in [5, 5.41) is 19.9. The minimum Gasteiger partial charge on any atom is -0.393 e. The molecule has 2 rings (SSSR count). The van der Waals surface area contributed by atoms with Crippen LogP contribution in [0, 0.1) is 0 Å². The molecule has 0 spiro atoms. The summed E-state index contributed by atoms with van der Waals surface area (Å²) in [6.45, 7) is 3.75. The van der Waals surface area contributed by atoms with Crippen LogP contribution in [0.5, 0.6) is 0 Å². The Morgan fingerprint density at radius 2 is 1.05 bits per heavy atom. The number of ether oxygens (including phenoxy) is 1. The second-order valence-electron chi connectivity index (χ2n) is 7.70. The summed E-state index contributed by atoms with van der Waals surface area (Å²) < 4.78 is 6.81. The Labute approximate surface area is 130 Å². The van der Waals surface area contributed by atoms with E-state index in [4.69, 9.17) is 4.74 Å². The molecule has 0 aromatic rings. The molecule has 0 saturated heterocycles. The zero-order chi connectivity index (χ0) is 15.3. The normalized spacial score (nSPS) is 28.0. The highest BCUT2D eigenvalue weighted by Crippen LogP contribution is 2.45. The second-order valence-corrected chi connectivity index (χ2v) is 7.70. The molecule has 2 saturated carbocycles. The van der Waals surface area contributed by atoms with Crippen molar-refractivity contribution in [1.29, 1.82) is 0 Å². The van der Waals surface area contributed by atoms with E-state index >= 15 is 0 Å². The maximum Gasteiger partial charge on any atom is 0.0714 e. The van der Waals surface area contributed by atoms with Gasteiger partial charge in [0.2, 0.25) is 0 Å². The number of rotatable bonds is 6. The lowest BCUT2D eigenvalue weighted by molar-refractivity contribution is -0.204. The minimum atomic E-state index is -0.310. The first kappa shape index (κ1) is 17.2. The van der Waals surface area contributed by atoms with Crippen LogP contribution in [0.4, 0.5) is 0 Å². The predicted molar refractivity (Wildman–Crippen MR) is 85.3 cm³/mol. The molecule has 0 aliphatic heterocycles. The van der Waals surface area contributed by atoms with Gasteiger partial charge in [0.25, 0.3) is 0 Å². The van der Waals surface area contributed by atoms with Gasteiger partial charge < -0.3 is 14.9 Å². The summed E-state index contributed by atoms with van der Waals surface area (Å²) >= 11 is 0. The van der Waals surface area contributed by atoms with Gasteiger partial charge in [0.15, 0.2) is 0 Å². The molecule has 2 unspecified atom stereocenters. The molecule has 0 aromatic heterocycles. The van der Waals surface area contributed by atoms with Crippen molar-refractivity contribution < 1.29 is 14.9 Å². The molecular weight excluding hydrogens is 264 g/mol. The topological polar surface area (TPSA) is 49.7 Å². The molecule has 2 fully saturated rings. The molecule has 2 aliphatic carbocycles. The van der Waals surface area contributed by atoms with Crippen LogP contribution < -0.4 is 0 Å². The average Bonchev–Trinajstić information content (AvgIpc) is 2.38. The summed E-state index contributed by atoms with van der Waals surface area (Å²) in [5.41, 5.74) is -0.308. The van der Waals surface area contributed by atoms with Gasteiger partial charge >= 0.3 is 0 Å². The first-order valence-electron chi connectivity index (χ1n) is 9.02. The number of hydrogen-bond donors (Lipinski definition) is 2. The average molecular weight is 298 g/mol. The second kappa shape index (κ2) is 7.43. The van der Waals surface area contributed by atoms with Crippen molar-refractivity contribution in [3.63, 3.8) is 0 Å². The maximum absolute atomic E-state index is 9.94. The van der Waals surface area contributed by atoms with Crippen molar-refractivity contribution in [2.24, 2.45) is 0 Å². The highest BCUT2D eigenvalue weighted by molar-refractivity contribution is 4.94. The molecule has 2 aliphatic rings. The Kier molecular flexibility index (Phi) is 6.10. The van der Waals surface area contributed by atoms with Crippen LogP contribution in [0.2, 0.25) is 0 Å². The van der Waals surface area contributed by atoms with Crippen LogP contribution >= 0.6 is 0 Å². The van der Waals surface area contributed by atoms with Crippen LogP contribution in [-0.4, -0.2) is 33.6 Å². The smallest absolute Gasteiger partial charge is 0.0714 e. The van der Waals surface area contributed by atoms with Gasteiger partial charge in [-0.05, 0) is 39.5 Å². The zero-order valence-corrected chi connectivity index (χ0v) is 13.9. The molecule has 0 amide bonds. The number of aliphatic hydroxyl groups excluding tert-OH is 2. The number of hydrogen-bond acceptors (Lipinski definition) is 3. The SMILES string of the molecule is CC(O)CC1(OC2(CC(C)O)CCCCC2)CCCCC1. The van der Waals surface area contributed by atoms with Crippen molar-refractivity contribution in [2.75, 3.05) is 0 Å². The summed E-state index contributed by atoms with van der Waals surface area (Å²) in [5.74, 6) is 0. The summed E-state index contributed by atoms with van der Waals surface area (Å²) in [4.78, 5) is 0. The van der Waals surface area contributed by atoms with E-state index < -0.39 is 0 Å². The van der Waals surface area contributed by atoms with Gasteiger partial charge in [0.05, 0.1) is 23.4 Å². The van der Waals surface area contributed by atoms with E-state index in [1.54, 1.807) is 0 Å². The molecule has 2 N–H and O–H groups in total. The lowest BCUT2D eigenvalue weighted by Gasteiger charge is -2.49. The zero-order valence-electron chi connectivity index (χ0n) is 13.9. The van der Waals surface area contributed by atoms with E-state index in [1.165, 1.54) is 38.5 Å². The van der Waals surface area contributed by atoms with Gasteiger partial charge in [-0.25, -0.2) is 0 Å². The largest absolute Gasteiger partial charge is 0.393 e. The van der Waals surface area contributed by atoms with Crippen molar-refractivity contribution in [3.8, 4) is 0 Å². The van der Waals surface area contributed by atoms with Crippen molar-refractivity contribution in [3.05, 3.63) is 0 Å². The fraction of sp³-hybridized carbons (Fsp3) is 1.00. The maximum atomic E-state index is 9.94. The van der Waals surface area contributed by atoms with E-state index in [0.717, 1.165) is 38.5 Å². The molecule has 3 nitrogen and oxygen atoms in total. The first-order chi connectivity index (χ1) is 9.95. The van der Waals surface area contributed by atoms with Crippen molar-refractivity contribution >= 4 is 0 Å². The van der Waals surface area contributed by atoms with Gasteiger partial charge in [0.1, 0.15) is 0 Å². The van der Waals surface area contributed by atoms with Gasteiger partial charge in [0, 0.05) is 12.8 Å². The third kappa shape index (κ3) is 4.94. The first-order valence-corrected chi connectivity index (χ1v) is 9.02. The van der Waals surface area contributed by atoms with Gasteiger partial charge in [-0.2, -0.15) is 0 Å². The molecule has 0 heterocycles. The molecule has 2 atom stereocenters. The van der Waals surface area contributed by atoms with Gasteiger partial charge in [-0.1, -0.05) is 38.5 Å². The van der Waals surface area contributed by atoms with Crippen molar-refractivity contribution in [2.45, 2.75) is 114 Å². The Morgan fingerprint density at radius 3 is 1.33 bits per heavy atom. The third-order valence-corrected chi connectivity index (χ3v) is 5.30. The highest BCUT2D eigenvalue weighted by atomic mass is 16.5. The molecule has 0 aromatic carbocycles. The Morgan fingerprint density at radius 1 is 0.714 bits per heavy atom. The fourth-order valence-electron chi connectivity index (χ4n) is 4.62. The summed E-state index contributed by atoms with van der Waals surface area (Å²) in [6.07, 6.45) is 12.5. The summed E-state index contributed by atoms with van der Waals surface area (Å²) in [6, 6.07) is 0. The van der Waals surface area contributed by atoms with Gasteiger partial charge in [-0.15, -0.1) is 0 Å². The van der Waals surface area contributed by atoms with Crippen LogP contribution in [0.1, 0.15) is 90.9 Å². The van der Waals surface area contributed by atoms with E-state index in [9.17, 15) is 10.2 Å². The molecule has 3 heteroatoms. The van der Waals surface area contributed by atoms with E-state index in [0.29, 0.717) is 0 Å². The van der Waals surface area contributed by atoms with E-state index in [1.807, 2.05) is 13.8 Å². The van der Waals surface area contributed by atoms with Crippen molar-refractivity contribution in [1.82, 2.24) is 0 Å². The highest BCUT2D eigenvalue weighted by Gasteiger charge is 2.44. The predicted octanol–water partition coefficient (Wildman–Crippen LogP) is 3.95. The molecule has 21 heavy (non-hydrogen) atoms. The van der Waals surface area contributed by atoms with Crippen LogP contribution in [0.3, 0.4) is 0 Å².